The molecule has 0 spiro atoms. The Labute approximate surface area is 126 Å². The molecule has 1 aliphatic carbocycles. The Morgan fingerprint density at radius 1 is 1.38 bits per heavy atom. The number of non-ortho nitro benzene ring substituents is 1. The summed E-state index contributed by atoms with van der Waals surface area (Å²) in [5, 5.41) is 15.7. The van der Waals surface area contributed by atoms with Gasteiger partial charge < -0.3 is 5.32 Å². The lowest BCUT2D eigenvalue weighted by atomic mass is 10.2. The fourth-order valence-corrected chi connectivity index (χ4v) is 3.55. The van der Waals surface area contributed by atoms with Crippen LogP contribution in [0.2, 0.25) is 0 Å². The van der Waals surface area contributed by atoms with Crippen molar-refractivity contribution in [1.29, 1.82) is 0 Å². The van der Waals surface area contributed by atoms with Crippen LogP contribution in [-0.4, -0.2) is 32.4 Å². The highest BCUT2D eigenvalue weighted by Crippen LogP contribution is 2.32. The third-order valence-electron chi connectivity index (χ3n) is 3.89. The number of hydrogen-bond acceptors (Lipinski definition) is 6. The molecule has 2 aromatic rings. The lowest BCUT2D eigenvalue weighted by Gasteiger charge is -2.14. The van der Waals surface area contributed by atoms with Crippen LogP contribution in [0.1, 0.15) is 19.3 Å². The van der Waals surface area contributed by atoms with E-state index in [0.29, 0.717) is 22.5 Å². The average Bonchev–Trinajstić information content (AvgIpc) is 2.95. The van der Waals surface area contributed by atoms with E-state index < -0.39 is 4.92 Å². The monoisotopic (exact) mass is 304 g/mol. The van der Waals surface area contributed by atoms with Gasteiger partial charge in [0.05, 0.1) is 10.4 Å². The molecule has 2 unspecified atom stereocenters. The molecule has 1 N–H and O–H groups in total. The molecule has 2 atom stereocenters. The van der Waals surface area contributed by atoms with Crippen LogP contribution in [0.15, 0.2) is 24.5 Å². The number of benzene rings is 1. The van der Waals surface area contributed by atoms with Gasteiger partial charge in [0.2, 0.25) is 0 Å². The molecule has 1 aliphatic rings. The molecule has 21 heavy (non-hydrogen) atoms. The Morgan fingerprint density at radius 2 is 2.24 bits per heavy atom. The number of anilines is 1. The van der Waals surface area contributed by atoms with E-state index in [1.807, 2.05) is 11.8 Å². The second kappa shape index (κ2) is 5.85. The number of fused-ring (bicyclic) bond motifs is 1. The van der Waals surface area contributed by atoms with Crippen LogP contribution in [0.4, 0.5) is 11.5 Å². The molecule has 6 nitrogen and oxygen atoms in total. The first-order valence-corrected chi connectivity index (χ1v) is 8.14. The van der Waals surface area contributed by atoms with E-state index >= 15 is 0 Å². The Morgan fingerprint density at radius 3 is 2.95 bits per heavy atom. The van der Waals surface area contributed by atoms with Gasteiger partial charge in [0, 0.05) is 28.8 Å². The third kappa shape index (κ3) is 2.92. The van der Waals surface area contributed by atoms with Crippen molar-refractivity contribution in [2.45, 2.75) is 30.6 Å². The largest absolute Gasteiger partial charge is 0.367 e. The summed E-state index contributed by atoms with van der Waals surface area (Å²) in [5.41, 5.74) is 0.784. The van der Waals surface area contributed by atoms with Gasteiger partial charge in [-0.3, -0.25) is 10.1 Å². The first kappa shape index (κ1) is 14.1. The summed E-state index contributed by atoms with van der Waals surface area (Å²) in [4.78, 5) is 19.0. The molecule has 1 saturated carbocycles. The van der Waals surface area contributed by atoms with Crippen LogP contribution in [0.25, 0.3) is 10.9 Å². The highest BCUT2D eigenvalue weighted by molar-refractivity contribution is 7.99. The number of aromatic nitrogens is 2. The molecule has 0 bridgehead atoms. The quantitative estimate of drug-likeness (QED) is 0.690. The molecule has 0 radical (unpaired) electrons. The lowest BCUT2D eigenvalue weighted by molar-refractivity contribution is -0.384. The van der Waals surface area contributed by atoms with Gasteiger partial charge in [0.25, 0.3) is 5.69 Å². The summed E-state index contributed by atoms with van der Waals surface area (Å²) in [6, 6.07) is 5.05. The van der Waals surface area contributed by atoms with Crippen molar-refractivity contribution in [3.63, 3.8) is 0 Å². The summed E-state index contributed by atoms with van der Waals surface area (Å²) in [6.45, 7) is 0. The Balaban J connectivity index is 1.91. The second-order valence-corrected chi connectivity index (χ2v) is 6.33. The lowest BCUT2D eigenvalue weighted by Crippen LogP contribution is -2.17. The number of nitrogens with zero attached hydrogens (tertiary/aromatic N) is 3. The van der Waals surface area contributed by atoms with E-state index in [-0.39, 0.29) is 5.69 Å². The van der Waals surface area contributed by atoms with Crippen LogP contribution in [0.5, 0.6) is 0 Å². The van der Waals surface area contributed by atoms with E-state index in [1.54, 1.807) is 12.1 Å². The molecule has 0 aliphatic heterocycles. The number of nitro benzene ring substituents is 1. The van der Waals surface area contributed by atoms with Gasteiger partial charge in [-0.05, 0) is 31.6 Å². The molecule has 1 fully saturated rings. The van der Waals surface area contributed by atoms with Crippen LogP contribution < -0.4 is 5.32 Å². The van der Waals surface area contributed by atoms with Gasteiger partial charge in [-0.25, -0.2) is 9.97 Å². The Kier molecular flexibility index (Phi) is 3.92. The maximum atomic E-state index is 10.9. The van der Waals surface area contributed by atoms with Crippen LogP contribution in [0, 0.1) is 10.1 Å². The first-order valence-electron chi connectivity index (χ1n) is 6.86. The fraction of sp³-hybridized carbons (Fsp3) is 0.429. The van der Waals surface area contributed by atoms with Gasteiger partial charge in [-0.1, -0.05) is 0 Å². The minimum Gasteiger partial charge on any atom is -0.367 e. The van der Waals surface area contributed by atoms with Crippen LogP contribution in [0.3, 0.4) is 0 Å². The zero-order valence-electron chi connectivity index (χ0n) is 11.7. The fourth-order valence-electron chi connectivity index (χ4n) is 2.75. The normalized spacial score (nSPS) is 21.6. The van der Waals surface area contributed by atoms with Gasteiger partial charge in [0.1, 0.15) is 12.1 Å². The maximum absolute atomic E-state index is 10.9. The summed E-state index contributed by atoms with van der Waals surface area (Å²) in [6.07, 6.45) is 7.03. The maximum Gasteiger partial charge on any atom is 0.270 e. The van der Waals surface area contributed by atoms with Gasteiger partial charge in [0.15, 0.2) is 0 Å². The van der Waals surface area contributed by atoms with Crippen molar-refractivity contribution in [1.82, 2.24) is 9.97 Å². The average molecular weight is 304 g/mol. The predicted molar refractivity (Wildman–Crippen MR) is 84.8 cm³/mol. The van der Waals surface area contributed by atoms with Gasteiger partial charge in [-0.2, -0.15) is 11.8 Å². The van der Waals surface area contributed by atoms with Gasteiger partial charge in [-0.15, -0.1) is 0 Å². The number of nitro groups is 1. The molecular weight excluding hydrogens is 288 g/mol. The number of thioether (sulfide) groups is 1. The SMILES string of the molecule is CSC1CCC(Nc2ncnc3ccc([N+](=O)[O-])cc23)C1. The van der Waals surface area contributed by atoms with E-state index in [9.17, 15) is 10.1 Å². The molecule has 7 heteroatoms. The van der Waals surface area contributed by atoms with Crippen molar-refractivity contribution in [3.05, 3.63) is 34.6 Å². The summed E-state index contributed by atoms with van der Waals surface area (Å²) >= 11 is 1.89. The molecule has 0 amide bonds. The third-order valence-corrected chi connectivity index (χ3v) is 4.98. The number of hydrogen-bond donors (Lipinski definition) is 1. The topological polar surface area (TPSA) is 81.0 Å². The van der Waals surface area contributed by atoms with E-state index in [2.05, 4.69) is 21.5 Å². The van der Waals surface area contributed by atoms with Gasteiger partial charge >= 0.3 is 0 Å². The second-order valence-electron chi connectivity index (χ2n) is 5.19. The van der Waals surface area contributed by atoms with Crippen molar-refractivity contribution in [3.8, 4) is 0 Å². The number of nitrogens with one attached hydrogen (secondary N) is 1. The molecule has 1 heterocycles. The minimum absolute atomic E-state index is 0.0637. The highest BCUT2D eigenvalue weighted by Gasteiger charge is 2.24. The summed E-state index contributed by atoms with van der Waals surface area (Å²) in [7, 11) is 0. The molecule has 1 aromatic carbocycles. The van der Waals surface area contributed by atoms with Crippen LogP contribution >= 0.6 is 11.8 Å². The molecular formula is C14H16N4O2S. The van der Waals surface area contributed by atoms with E-state index in [1.165, 1.54) is 18.8 Å². The number of rotatable bonds is 4. The summed E-state index contributed by atoms with van der Waals surface area (Å²) < 4.78 is 0. The highest BCUT2D eigenvalue weighted by atomic mass is 32.2. The van der Waals surface area contributed by atoms with E-state index in [4.69, 9.17) is 0 Å². The zero-order chi connectivity index (χ0) is 14.8. The molecule has 3 rings (SSSR count). The smallest absolute Gasteiger partial charge is 0.270 e. The molecule has 1 aromatic heterocycles. The summed E-state index contributed by atoms with van der Waals surface area (Å²) in [5.74, 6) is 0.690. The van der Waals surface area contributed by atoms with Crippen molar-refractivity contribution in [2.24, 2.45) is 0 Å². The van der Waals surface area contributed by atoms with Crippen molar-refractivity contribution in [2.75, 3.05) is 11.6 Å². The predicted octanol–water partition coefficient (Wildman–Crippen LogP) is 3.23. The zero-order valence-corrected chi connectivity index (χ0v) is 12.5. The molecule has 0 saturated heterocycles. The van der Waals surface area contributed by atoms with Crippen LogP contribution in [-0.2, 0) is 0 Å². The standard InChI is InChI=1S/C14H16N4O2S/c1-21-11-4-2-9(6-11)17-14-12-7-10(18(19)20)3-5-13(12)15-8-16-14/h3,5,7-9,11H,2,4,6H2,1H3,(H,15,16,17). The molecule has 110 valence electrons. The first-order chi connectivity index (χ1) is 10.2. The minimum atomic E-state index is -0.393. The van der Waals surface area contributed by atoms with Crippen molar-refractivity contribution >= 4 is 34.2 Å². The van der Waals surface area contributed by atoms with E-state index in [0.717, 1.165) is 18.4 Å². The van der Waals surface area contributed by atoms with Crippen molar-refractivity contribution < 1.29 is 4.92 Å². The Hall–Kier alpha value is -1.89. The Bertz CT molecular complexity index is 679.